The van der Waals surface area contributed by atoms with Crippen molar-refractivity contribution < 1.29 is 9.47 Å². The fourth-order valence-corrected chi connectivity index (χ4v) is 2.86. The Morgan fingerprint density at radius 3 is 2.11 bits per heavy atom. The van der Waals surface area contributed by atoms with Gasteiger partial charge in [0.05, 0.1) is 5.60 Å². The summed E-state index contributed by atoms with van der Waals surface area (Å²) in [6.07, 6.45) is 5.59. The Morgan fingerprint density at radius 1 is 1.17 bits per heavy atom. The van der Waals surface area contributed by atoms with Crippen molar-refractivity contribution in [2.45, 2.75) is 85.0 Å². The highest BCUT2D eigenvalue weighted by atomic mass is 16.7. The van der Waals surface area contributed by atoms with E-state index >= 15 is 0 Å². The van der Waals surface area contributed by atoms with Crippen molar-refractivity contribution in [3.63, 3.8) is 0 Å². The minimum Gasteiger partial charge on any atom is -0.350 e. The van der Waals surface area contributed by atoms with Gasteiger partial charge in [-0.1, -0.05) is 20.8 Å². The Kier molecular flexibility index (Phi) is 5.67. The third-order valence-electron chi connectivity index (χ3n) is 4.46. The van der Waals surface area contributed by atoms with E-state index in [1.54, 1.807) is 0 Å². The fourth-order valence-electron chi connectivity index (χ4n) is 2.86. The Balaban J connectivity index is 2.66. The molecule has 108 valence electrons. The molecule has 0 aromatic carbocycles. The average Bonchev–Trinajstić information content (AvgIpc) is 2.29. The van der Waals surface area contributed by atoms with Crippen molar-refractivity contribution in [1.29, 1.82) is 0 Å². The molecule has 0 N–H and O–H groups in total. The molecule has 0 heterocycles. The van der Waals surface area contributed by atoms with Gasteiger partial charge in [-0.15, -0.1) is 0 Å². The first-order valence-electron chi connectivity index (χ1n) is 7.68. The number of hydrogen-bond donors (Lipinski definition) is 0. The molecule has 0 aliphatic heterocycles. The maximum absolute atomic E-state index is 6.36. The first-order chi connectivity index (χ1) is 8.34. The monoisotopic (exact) mass is 256 g/mol. The van der Waals surface area contributed by atoms with Crippen LogP contribution in [0.4, 0.5) is 0 Å². The molecule has 0 saturated heterocycles. The maximum atomic E-state index is 6.36. The Morgan fingerprint density at radius 2 is 1.72 bits per heavy atom. The molecule has 1 saturated carbocycles. The van der Waals surface area contributed by atoms with Crippen molar-refractivity contribution in [1.82, 2.24) is 0 Å². The van der Waals surface area contributed by atoms with Crippen LogP contribution in [0.1, 0.15) is 73.6 Å². The van der Waals surface area contributed by atoms with E-state index in [4.69, 9.17) is 9.47 Å². The Bertz CT molecular complexity index is 237. The van der Waals surface area contributed by atoms with Crippen molar-refractivity contribution in [3.8, 4) is 0 Å². The van der Waals surface area contributed by atoms with Crippen LogP contribution in [-0.2, 0) is 9.47 Å². The number of hydrogen-bond acceptors (Lipinski definition) is 2. The molecular formula is C16H32O2. The summed E-state index contributed by atoms with van der Waals surface area (Å²) in [7, 11) is 0. The average molecular weight is 256 g/mol. The molecule has 2 nitrogen and oxygen atoms in total. The predicted octanol–water partition coefficient (Wildman–Crippen LogP) is 4.77. The van der Waals surface area contributed by atoms with Gasteiger partial charge in [0.2, 0.25) is 0 Å². The summed E-state index contributed by atoms with van der Waals surface area (Å²) in [4.78, 5) is 0. The molecule has 1 rings (SSSR count). The molecule has 0 bridgehead atoms. The molecule has 0 amide bonds. The predicted molar refractivity (Wildman–Crippen MR) is 76.6 cm³/mol. The van der Waals surface area contributed by atoms with E-state index < -0.39 is 0 Å². The van der Waals surface area contributed by atoms with Gasteiger partial charge in [-0.05, 0) is 51.9 Å². The summed E-state index contributed by atoms with van der Waals surface area (Å²) < 4.78 is 12.4. The standard InChI is InChI=1S/C16H32O2/c1-7-15(5,6)18-16(17-8-2)11-9-14(10-12-16)13(3)4/h13-14H,7-12H2,1-6H3. The molecule has 0 radical (unpaired) electrons. The minimum absolute atomic E-state index is 0.0835. The van der Waals surface area contributed by atoms with Crippen LogP contribution in [0, 0.1) is 11.8 Å². The normalized spacial score (nSPS) is 29.8. The van der Waals surface area contributed by atoms with Crippen LogP contribution in [0.5, 0.6) is 0 Å². The van der Waals surface area contributed by atoms with Crippen molar-refractivity contribution in [2.75, 3.05) is 6.61 Å². The summed E-state index contributed by atoms with van der Waals surface area (Å²) in [5.41, 5.74) is -0.0835. The summed E-state index contributed by atoms with van der Waals surface area (Å²) in [6, 6.07) is 0. The second-order valence-corrected chi connectivity index (χ2v) is 6.64. The molecule has 0 unspecified atom stereocenters. The van der Waals surface area contributed by atoms with E-state index in [9.17, 15) is 0 Å². The highest BCUT2D eigenvalue weighted by molar-refractivity contribution is 4.84. The van der Waals surface area contributed by atoms with E-state index in [0.29, 0.717) is 0 Å². The highest BCUT2D eigenvalue weighted by Gasteiger charge is 2.41. The molecule has 1 aliphatic carbocycles. The van der Waals surface area contributed by atoms with Crippen LogP contribution >= 0.6 is 0 Å². The molecular weight excluding hydrogens is 224 g/mol. The van der Waals surface area contributed by atoms with Crippen LogP contribution in [0.25, 0.3) is 0 Å². The van der Waals surface area contributed by atoms with Gasteiger partial charge in [0.1, 0.15) is 0 Å². The van der Waals surface area contributed by atoms with Crippen molar-refractivity contribution >= 4 is 0 Å². The largest absolute Gasteiger partial charge is 0.350 e. The second-order valence-electron chi connectivity index (χ2n) is 6.64. The fraction of sp³-hybridized carbons (Fsp3) is 1.00. The topological polar surface area (TPSA) is 18.5 Å². The lowest BCUT2D eigenvalue weighted by Crippen LogP contribution is -2.46. The van der Waals surface area contributed by atoms with Gasteiger partial charge < -0.3 is 9.47 Å². The highest BCUT2D eigenvalue weighted by Crippen LogP contribution is 2.41. The number of rotatable bonds is 6. The van der Waals surface area contributed by atoms with Crippen LogP contribution in [-0.4, -0.2) is 18.0 Å². The molecule has 0 aromatic rings. The molecule has 0 aromatic heterocycles. The summed E-state index contributed by atoms with van der Waals surface area (Å²) in [5, 5.41) is 0. The van der Waals surface area contributed by atoms with Gasteiger partial charge in [-0.25, -0.2) is 0 Å². The van der Waals surface area contributed by atoms with Gasteiger partial charge >= 0.3 is 0 Å². The quantitative estimate of drug-likeness (QED) is 0.637. The number of ether oxygens (including phenoxy) is 2. The summed E-state index contributed by atoms with van der Waals surface area (Å²) in [5.74, 6) is 1.30. The zero-order valence-corrected chi connectivity index (χ0v) is 13.2. The first-order valence-corrected chi connectivity index (χ1v) is 7.68. The Hall–Kier alpha value is -0.0800. The van der Waals surface area contributed by atoms with E-state index in [2.05, 4.69) is 41.5 Å². The second kappa shape index (κ2) is 6.38. The van der Waals surface area contributed by atoms with Gasteiger partial charge in [-0.3, -0.25) is 0 Å². The smallest absolute Gasteiger partial charge is 0.169 e. The van der Waals surface area contributed by atoms with E-state index in [-0.39, 0.29) is 11.4 Å². The molecule has 1 aliphatic rings. The zero-order valence-electron chi connectivity index (χ0n) is 13.2. The first kappa shape index (κ1) is 16.0. The summed E-state index contributed by atoms with van der Waals surface area (Å²) in [6.45, 7) is 14.0. The lowest BCUT2D eigenvalue weighted by atomic mass is 9.78. The molecule has 1 fully saturated rings. The van der Waals surface area contributed by atoms with Gasteiger partial charge in [0, 0.05) is 19.4 Å². The minimum atomic E-state index is -0.320. The van der Waals surface area contributed by atoms with Crippen molar-refractivity contribution in [3.05, 3.63) is 0 Å². The van der Waals surface area contributed by atoms with E-state index in [0.717, 1.165) is 37.7 Å². The lowest BCUT2D eigenvalue weighted by Gasteiger charge is -2.45. The molecule has 18 heavy (non-hydrogen) atoms. The lowest BCUT2D eigenvalue weighted by molar-refractivity contribution is -0.297. The Labute approximate surface area is 113 Å². The van der Waals surface area contributed by atoms with Crippen LogP contribution in [0.2, 0.25) is 0 Å². The molecule has 2 heteroatoms. The van der Waals surface area contributed by atoms with E-state index in [1.165, 1.54) is 12.8 Å². The van der Waals surface area contributed by atoms with Gasteiger partial charge in [0.15, 0.2) is 5.79 Å². The van der Waals surface area contributed by atoms with Gasteiger partial charge in [-0.2, -0.15) is 0 Å². The molecule has 0 spiro atoms. The maximum Gasteiger partial charge on any atom is 0.169 e. The molecule has 0 atom stereocenters. The summed E-state index contributed by atoms with van der Waals surface area (Å²) >= 11 is 0. The third kappa shape index (κ3) is 4.24. The van der Waals surface area contributed by atoms with Crippen LogP contribution in [0.3, 0.4) is 0 Å². The van der Waals surface area contributed by atoms with E-state index in [1.807, 2.05) is 0 Å². The van der Waals surface area contributed by atoms with Crippen molar-refractivity contribution in [2.24, 2.45) is 11.8 Å². The zero-order chi connectivity index (χ0) is 13.8. The van der Waals surface area contributed by atoms with Gasteiger partial charge in [0.25, 0.3) is 0 Å². The van der Waals surface area contributed by atoms with Crippen LogP contribution < -0.4 is 0 Å². The SMILES string of the molecule is CCOC1(OC(C)(C)CC)CCC(C(C)C)CC1. The third-order valence-corrected chi connectivity index (χ3v) is 4.46. The van der Waals surface area contributed by atoms with Crippen LogP contribution in [0.15, 0.2) is 0 Å².